The van der Waals surface area contributed by atoms with Gasteiger partial charge in [0.05, 0.1) is 0 Å². The number of rotatable bonds is 5. The van der Waals surface area contributed by atoms with Crippen molar-refractivity contribution in [2.45, 2.75) is 56.6 Å². The summed E-state index contributed by atoms with van der Waals surface area (Å²) in [4.78, 5) is 9.10. The van der Waals surface area contributed by atoms with Gasteiger partial charge in [-0.05, 0) is 19.1 Å². The highest BCUT2D eigenvalue weighted by Gasteiger charge is 2.32. The highest BCUT2D eigenvalue weighted by Crippen LogP contribution is 2.40. The summed E-state index contributed by atoms with van der Waals surface area (Å²) in [6.07, 6.45) is 7.42. The number of hydrogen-bond acceptors (Lipinski definition) is 6. The summed E-state index contributed by atoms with van der Waals surface area (Å²) in [5.41, 5.74) is 2.53. The molecular weight excluding hydrogens is 282 g/mol. The third kappa shape index (κ3) is 4.01. The topological polar surface area (TPSA) is 75.9 Å². The highest BCUT2D eigenvalue weighted by atomic mass is 32.2. The van der Waals surface area contributed by atoms with Crippen LogP contribution in [0.15, 0.2) is 6.07 Å². The SMILES string of the molecule is CSC1(CNc2cc(NN)nc(C(C)(C)C)n2)CCCC1. The third-order valence-electron chi connectivity index (χ3n) is 4.08. The number of hydrogen-bond donors (Lipinski definition) is 3. The van der Waals surface area contributed by atoms with Gasteiger partial charge < -0.3 is 10.7 Å². The fourth-order valence-corrected chi connectivity index (χ4v) is 3.58. The molecule has 21 heavy (non-hydrogen) atoms. The number of nitrogens with zero attached hydrogens (tertiary/aromatic N) is 2. The van der Waals surface area contributed by atoms with E-state index < -0.39 is 0 Å². The number of hydrazine groups is 1. The monoisotopic (exact) mass is 309 g/mol. The zero-order valence-corrected chi connectivity index (χ0v) is 14.3. The van der Waals surface area contributed by atoms with Crippen LogP contribution in [0.5, 0.6) is 0 Å². The molecule has 5 nitrogen and oxygen atoms in total. The quantitative estimate of drug-likeness (QED) is 0.573. The van der Waals surface area contributed by atoms with E-state index in [0.717, 1.165) is 18.2 Å². The smallest absolute Gasteiger partial charge is 0.145 e. The first-order valence-corrected chi connectivity index (χ1v) is 8.76. The van der Waals surface area contributed by atoms with Crippen LogP contribution in [-0.4, -0.2) is 27.5 Å². The minimum atomic E-state index is -0.103. The average Bonchev–Trinajstić information content (AvgIpc) is 2.93. The average molecular weight is 309 g/mol. The summed E-state index contributed by atoms with van der Waals surface area (Å²) in [5.74, 6) is 7.83. The molecule has 0 amide bonds. The molecule has 1 aliphatic carbocycles. The lowest BCUT2D eigenvalue weighted by Crippen LogP contribution is -2.30. The Morgan fingerprint density at radius 1 is 1.24 bits per heavy atom. The summed E-state index contributed by atoms with van der Waals surface area (Å²) in [6, 6.07) is 1.87. The Morgan fingerprint density at radius 3 is 2.38 bits per heavy atom. The van der Waals surface area contributed by atoms with E-state index in [-0.39, 0.29) is 5.41 Å². The van der Waals surface area contributed by atoms with Crippen molar-refractivity contribution in [1.29, 1.82) is 0 Å². The first-order chi connectivity index (χ1) is 9.88. The molecule has 4 N–H and O–H groups in total. The number of aromatic nitrogens is 2. The van der Waals surface area contributed by atoms with Gasteiger partial charge in [0.15, 0.2) is 0 Å². The maximum absolute atomic E-state index is 5.53. The highest BCUT2D eigenvalue weighted by molar-refractivity contribution is 8.00. The van der Waals surface area contributed by atoms with Gasteiger partial charge in [-0.15, -0.1) is 0 Å². The number of nitrogens with one attached hydrogen (secondary N) is 2. The Balaban J connectivity index is 2.15. The van der Waals surface area contributed by atoms with Crippen molar-refractivity contribution < 1.29 is 0 Å². The molecule has 0 aromatic carbocycles. The standard InChI is InChI=1S/C15H27N5S/c1-14(2,3)13-18-11(9-12(19-13)20-16)17-10-15(21-4)7-5-6-8-15/h9H,5-8,10,16H2,1-4H3,(H2,17,18,19,20). The molecule has 0 spiro atoms. The second-order valence-electron chi connectivity index (χ2n) is 6.80. The Morgan fingerprint density at radius 2 is 1.86 bits per heavy atom. The number of anilines is 2. The molecule has 1 aliphatic rings. The largest absolute Gasteiger partial charge is 0.369 e. The molecular formula is C15H27N5S. The maximum atomic E-state index is 5.53. The van der Waals surface area contributed by atoms with E-state index in [4.69, 9.17) is 5.84 Å². The van der Waals surface area contributed by atoms with E-state index in [0.29, 0.717) is 10.6 Å². The number of nitrogens with two attached hydrogens (primary N) is 1. The van der Waals surface area contributed by atoms with Gasteiger partial charge in [0.2, 0.25) is 0 Å². The van der Waals surface area contributed by atoms with Crippen LogP contribution in [0.2, 0.25) is 0 Å². The van der Waals surface area contributed by atoms with Crippen molar-refractivity contribution in [3.63, 3.8) is 0 Å². The van der Waals surface area contributed by atoms with Gasteiger partial charge in [-0.1, -0.05) is 33.6 Å². The molecule has 6 heteroatoms. The summed E-state index contributed by atoms with van der Waals surface area (Å²) < 4.78 is 0.350. The van der Waals surface area contributed by atoms with Gasteiger partial charge >= 0.3 is 0 Å². The van der Waals surface area contributed by atoms with Crippen LogP contribution >= 0.6 is 11.8 Å². The van der Waals surface area contributed by atoms with Crippen LogP contribution in [-0.2, 0) is 5.41 Å². The van der Waals surface area contributed by atoms with E-state index in [9.17, 15) is 0 Å². The first kappa shape index (κ1) is 16.4. The van der Waals surface area contributed by atoms with E-state index in [1.807, 2.05) is 17.8 Å². The molecule has 1 aromatic rings. The summed E-state index contributed by atoms with van der Waals surface area (Å²) in [5, 5.41) is 3.50. The van der Waals surface area contributed by atoms with Crippen LogP contribution < -0.4 is 16.6 Å². The predicted octanol–water partition coefficient (Wildman–Crippen LogP) is 3.15. The van der Waals surface area contributed by atoms with Gasteiger partial charge in [-0.2, -0.15) is 11.8 Å². The molecule has 1 saturated carbocycles. The Hall–Kier alpha value is -1.01. The lowest BCUT2D eigenvalue weighted by atomic mass is 9.96. The van der Waals surface area contributed by atoms with Gasteiger partial charge in [-0.25, -0.2) is 15.8 Å². The van der Waals surface area contributed by atoms with E-state index in [1.165, 1.54) is 25.7 Å². The predicted molar refractivity (Wildman–Crippen MR) is 91.7 cm³/mol. The molecule has 1 aromatic heterocycles. The third-order valence-corrected chi connectivity index (χ3v) is 5.50. The van der Waals surface area contributed by atoms with Gasteiger partial charge in [0.1, 0.15) is 17.5 Å². The fourth-order valence-electron chi connectivity index (χ4n) is 2.67. The molecule has 0 radical (unpaired) electrons. The zero-order chi connectivity index (χ0) is 15.5. The maximum Gasteiger partial charge on any atom is 0.145 e. The first-order valence-electron chi connectivity index (χ1n) is 7.54. The van der Waals surface area contributed by atoms with Crippen molar-refractivity contribution in [2.24, 2.45) is 5.84 Å². The van der Waals surface area contributed by atoms with Crippen molar-refractivity contribution in [1.82, 2.24) is 9.97 Å². The van der Waals surface area contributed by atoms with Crippen molar-refractivity contribution in [3.05, 3.63) is 11.9 Å². The Kier molecular flexibility index (Phi) is 4.99. The van der Waals surface area contributed by atoms with E-state index in [2.05, 4.69) is 47.7 Å². The second-order valence-corrected chi connectivity index (χ2v) is 8.08. The summed E-state index contributed by atoms with van der Waals surface area (Å²) in [6.45, 7) is 7.26. The lowest BCUT2D eigenvalue weighted by molar-refractivity contribution is 0.546. The van der Waals surface area contributed by atoms with Crippen molar-refractivity contribution in [3.8, 4) is 0 Å². The molecule has 118 valence electrons. The van der Waals surface area contributed by atoms with E-state index in [1.54, 1.807) is 0 Å². The van der Waals surface area contributed by atoms with Gasteiger partial charge in [-0.3, -0.25) is 0 Å². The molecule has 0 aliphatic heterocycles. The normalized spacial score (nSPS) is 17.8. The van der Waals surface area contributed by atoms with Crippen molar-refractivity contribution in [2.75, 3.05) is 23.5 Å². The van der Waals surface area contributed by atoms with Crippen LogP contribution in [0.4, 0.5) is 11.6 Å². The molecule has 0 saturated heterocycles. The summed E-state index contributed by atoms with van der Waals surface area (Å²) in [7, 11) is 0. The minimum Gasteiger partial charge on any atom is -0.369 e. The molecule has 0 unspecified atom stereocenters. The van der Waals surface area contributed by atoms with Crippen LogP contribution in [0.3, 0.4) is 0 Å². The molecule has 2 rings (SSSR count). The van der Waals surface area contributed by atoms with Gasteiger partial charge in [0.25, 0.3) is 0 Å². The van der Waals surface area contributed by atoms with Crippen LogP contribution in [0, 0.1) is 0 Å². The fraction of sp³-hybridized carbons (Fsp3) is 0.733. The molecule has 1 fully saturated rings. The van der Waals surface area contributed by atoms with Crippen LogP contribution in [0.1, 0.15) is 52.3 Å². The number of nitrogen functional groups attached to an aromatic ring is 1. The van der Waals surface area contributed by atoms with Crippen LogP contribution in [0.25, 0.3) is 0 Å². The molecule has 1 heterocycles. The minimum absolute atomic E-state index is 0.103. The van der Waals surface area contributed by atoms with E-state index >= 15 is 0 Å². The second kappa shape index (κ2) is 6.40. The van der Waals surface area contributed by atoms with Crippen molar-refractivity contribution >= 4 is 23.4 Å². The Bertz CT molecular complexity index is 477. The van der Waals surface area contributed by atoms with Gasteiger partial charge in [0, 0.05) is 22.8 Å². The Labute approximate surface area is 131 Å². The summed E-state index contributed by atoms with van der Waals surface area (Å²) >= 11 is 1.97. The molecule has 0 bridgehead atoms. The lowest BCUT2D eigenvalue weighted by Gasteiger charge is -2.27. The number of thioether (sulfide) groups is 1. The zero-order valence-electron chi connectivity index (χ0n) is 13.5. The molecule has 0 atom stereocenters.